The molecule has 1 aliphatic rings. The number of carbonyl (C=O) groups excluding carboxylic acids is 2. The van der Waals surface area contributed by atoms with Gasteiger partial charge in [-0.1, -0.05) is 12.1 Å². The summed E-state index contributed by atoms with van der Waals surface area (Å²) in [4.78, 5) is 26.9. The topological polar surface area (TPSA) is 96.3 Å². The molecule has 1 unspecified atom stereocenters. The van der Waals surface area contributed by atoms with Crippen LogP contribution in [0.3, 0.4) is 0 Å². The standard InChI is InChI=1S/C22H23NO6/c1-13-12-15(6-9-17(13)29-3)20(25)18-19(14-4-7-16(24)8-5-14)23(10-11-28-2)22(27)21(18)26/h4-9,12,19,24-25H,10-11H2,1-3H3/b20-18-. The van der Waals surface area contributed by atoms with Crippen LogP contribution in [0.15, 0.2) is 48.0 Å². The zero-order valence-electron chi connectivity index (χ0n) is 16.5. The van der Waals surface area contributed by atoms with Gasteiger partial charge in [-0.15, -0.1) is 0 Å². The molecule has 0 radical (unpaired) electrons. The van der Waals surface area contributed by atoms with E-state index >= 15 is 0 Å². The molecule has 29 heavy (non-hydrogen) atoms. The number of aryl methyl sites for hydroxylation is 1. The third-order valence-corrected chi connectivity index (χ3v) is 4.95. The van der Waals surface area contributed by atoms with Crippen molar-refractivity contribution in [1.29, 1.82) is 0 Å². The fourth-order valence-corrected chi connectivity index (χ4v) is 3.48. The Balaban J connectivity index is 2.15. The molecule has 2 aromatic rings. The van der Waals surface area contributed by atoms with Crippen molar-refractivity contribution in [2.45, 2.75) is 13.0 Å². The van der Waals surface area contributed by atoms with E-state index in [-0.39, 0.29) is 30.2 Å². The number of phenols is 1. The number of nitrogens with zero attached hydrogens (tertiary/aromatic N) is 1. The molecule has 1 heterocycles. The summed E-state index contributed by atoms with van der Waals surface area (Å²) in [6, 6.07) is 10.4. The van der Waals surface area contributed by atoms with Gasteiger partial charge in [-0.3, -0.25) is 9.59 Å². The molecule has 0 aliphatic carbocycles. The monoisotopic (exact) mass is 397 g/mol. The normalized spacial score (nSPS) is 18.3. The van der Waals surface area contributed by atoms with E-state index in [4.69, 9.17) is 9.47 Å². The predicted octanol–water partition coefficient (Wildman–Crippen LogP) is 2.78. The first kappa shape index (κ1) is 20.4. The minimum Gasteiger partial charge on any atom is -0.508 e. The van der Waals surface area contributed by atoms with Crippen molar-refractivity contribution in [3.05, 3.63) is 64.7 Å². The lowest BCUT2D eigenvalue weighted by Gasteiger charge is -2.25. The highest BCUT2D eigenvalue weighted by molar-refractivity contribution is 6.46. The van der Waals surface area contributed by atoms with Crippen LogP contribution in [0.1, 0.15) is 22.7 Å². The Hall–Kier alpha value is -3.32. The quantitative estimate of drug-likeness (QED) is 0.442. The molecule has 3 rings (SSSR count). The molecule has 2 aromatic carbocycles. The lowest BCUT2D eigenvalue weighted by atomic mass is 9.94. The second-order valence-electron chi connectivity index (χ2n) is 6.76. The van der Waals surface area contributed by atoms with Crippen LogP contribution >= 0.6 is 0 Å². The number of benzene rings is 2. The van der Waals surface area contributed by atoms with Gasteiger partial charge in [0.25, 0.3) is 11.7 Å². The van der Waals surface area contributed by atoms with Gasteiger partial charge in [-0.2, -0.15) is 0 Å². The van der Waals surface area contributed by atoms with Crippen LogP contribution in [0.4, 0.5) is 0 Å². The Morgan fingerprint density at radius 2 is 1.79 bits per heavy atom. The number of amides is 1. The molecule has 1 atom stereocenters. The molecule has 0 saturated carbocycles. The lowest BCUT2D eigenvalue weighted by molar-refractivity contribution is -0.140. The molecule has 1 aliphatic heterocycles. The molecule has 152 valence electrons. The van der Waals surface area contributed by atoms with Gasteiger partial charge in [0.2, 0.25) is 0 Å². The molecule has 0 aromatic heterocycles. The molecular formula is C22H23NO6. The number of aromatic hydroxyl groups is 1. The second kappa shape index (κ2) is 8.36. The van der Waals surface area contributed by atoms with Crippen LogP contribution < -0.4 is 4.74 Å². The van der Waals surface area contributed by atoms with Crippen molar-refractivity contribution in [2.24, 2.45) is 0 Å². The average molecular weight is 397 g/mol. The number of likely N-dealkylation sites (tertiary alicyclic amines) is 1. The van der Waals surface area contributed by atoms with Crippen molar-refractivity contribution in [3.8, 4) is 11.5 Å². The summed E-state index contributed by atoms with van der Waals surface area (Å²) in [5, 5.41) is 20.6. The predicted molar refractivity (Wildman–Crippen MR) is 107 cm³/mol. The Morgan fingerprint density at radius 3 is 2.38 bits per heavy atom. The highest BCUT2D eigenvalue weighted by Gasteiger charge is 2.45. The second-order valence-corrected chi connectivity index (χ2v) is 6.76. The Kier molecular flexibility index (Phi) is 5.89. The van der Waals surface area contributed by atoms with E-state index < -0.39 is 17.7 Å². The number of hydrogen-bond donors (Lipinski definition) is 2. The number of carbonyl (C=O) groups is 2. The molecule has 0 bridgehead atoms. The molecule has 2 N–H and O–H groups in total. The maximum atomic E-state index is 12.8. The Labute approximate surface area is 168 Å². The van der Waals surface area contributed by atoms with Crippen LogP contribution in [-0.4, -0.2) is 54.2 Å². The van der Waals surface area contributed by atoms with Gasteiger partial charge in [-0.05, 0) is 48.4 Å². The molecular weight excluding hydrogens is 374 g/mol. The fraction of sp³-hybridized carbons (Fsp3) is 0.273. The summed E-state index contributed by atoms with van der Waals surface area (Å²) in [5.74, 6) is -1.00. The van der Waals surface area contributed by atoms with Gasteiger partial charge >= 0.3 is 0 Å². The number of rotatable bonds is 6. The van der Waals surface area contributed by atoms with E-state index in [2.05, 4.69) is 0 Å². The minimum absolute atomic E-state index is 0.00126. The fourth-order valence-electron chi connectivity index (χ4n) is 3.48. The zero-order chi connectivity index (χ0) is 21.1. The van der Waals surface area contributed by atoms with Crippen molar-refractivity contribution in [1.82, 2.24) is 4.90 Å². The van der Waals surface area contributed by atoms with Gasteiger partial charge in [0.05, 0.1) is 25.3 Å². The Morgan fingerprint density at radius 1 is 1.10 bits per heavy atom. The average Bonchev–Trinajstić information content (AvgIpc) is 2.96. The third-order valence-electron chi connectivity index (χ3n) is 4.95. The highest BCUT2D eigenvalue weighted by atomic mass is 16.5. The van der Waals surface area contributed by atoms with E-state index in [9.17, 15) is 19.8 Å². The summed E-state index contributed by atoms with van der Waals surface area (Å²) in [5.41, 5.74) is 1.80. The summed E-state index contributed by atoms with van der Waals surface area (Å²) in [7, 11) is 3.06. The number of ketones is 1. The SMILES string of the molecule is COCCN1C(=O)C(=O)/C(=C(\O)c2ccc(OC)c(C)c2)C1c1ccc(O)cc1. The van der Waals surface area contributed by atoms with Crippen molar-refractivity contribution >= 4 is 17.4 Å². The van der Waals surface area contributed by atoms with E-state index in [0.29, 0.717) is 16.9 Å². The Bertz CT molecular complexity index is 964. The van der Waals surface area contributed by atoms with Crippen LogP contribution in [0.2, 0.25) is 0 Å². The number of hydrogen-bond acceptors (Lipinski definition) is 6. The highest BCUT2D eigenvalue weighted by Crippen LogP contribution is 2.40. The van der Waals surface area contributed by atoms with Gasteiger partial charge in [0.1, 0.15) is 17.3 Å². The number of phenolic OH excluding ortho intramolecular Hbond substituents is 1. The van der Waals surface area contributed by atoms with Gasteiger partial charge in [-0.25, -0.2) is 0 Å². The maximum absolute atomic E-state index is 12.8. The molecule has 7 nitrogen and oxygen atoms in total. The summed E-state index contributed by atoms with van der Waals surface area (Å²) < 4.78 is 10.3. The van der Waals surface area contributed by atoms with E-state index in [1.165, 1.54) is 24.1 Å². The van der Waals surface area contributed by atoms with Crippen LogP contribution in [0, 0.1) is 6.92 Å². The first-order valence-corrected chi connectivity index (χ1v) is 9.10. The largest absolute Gasteiger partial charge is 0.508 e. The summed E-state index contributed by atoms with van der Waals surface area (Å²) in [6.07, 6.45) is 0. The third kappa shape index (κ3) is 3.82. The number of ether oxygens (including phenoxy) is 2. The van der Waals surface area contributed by atoms with Gasteiger partial charge < -0.3 is 24.6 Å². The van der Waals surface area contributed by atoms with Crippen LogP contribution in [0.25, 0.3) is 5.76 Å². The van der Waals surface area contributed by atoms with Crippen molar-refractivity contribution in [2.75, 3.05) is 27.4 Å². The van der Waals surface area contributed by atoms with Crippen molar-refractivity contribution < 1.29 is 29.3 Å². The first-order valence-electron chi connectivity index (χ1n) is 9.10. The van der Waals surface area contributed by atoms with Gasteiger partial charge in [0, 0.05) is 19.2 Å². The zero-order valence-corrected chi connectivity index (χ0v) is 16.5. The first-order chi connectivity index (χ1) is 13.9. The van der Waals surface area contributed by atoms with E-state index in [1.54, 1.807) is 37.4 Å². The number of aliphatic hydroxyl groups is 1. The molecule has 1 fully saturated rings. The van der Waals surface area contributed by atoms with E-state index in [1.807, 2.05) is 6.92 Å². The number of aliphatic hydroxyl groups excluding tert-OH is 1. The van der Waals surface area contributed by atoms with E-state index in [0.717, 1.165) is 5.56 Å². The molecule has 1 amide bonds. The smallest absolute Gasteiger partial charge is 0.295 e. The molecule has 1 saturated heterocycles. The molecule has 7 heteroatoms. The van der Waals surface area contributed by atoms with Crippen LogP contribution in [0.5, 0.6) is 11.5 Å². The summed E-state index contributed by atoms with van der Waals surface area (Å²) in [6.45, 7) is 2.25. The lowest BCUT2D eigenvalue weighted by Crippen LogP contribution is -2.32. The maximum Gasteiger partial charge on any atom is 0.295 e. The van der Waals surface area contributed by atoms with Crippen molar-refractivity contribution in [3.63, 3.8) is 0 Å². The summed E-state index contributed by atoms with van der Waals surface area (Å²) >= 11 is 0. The number of methoxy groups -OCH3 is 2. The van der Waals surface area contributed by atoms with Gasteiger partial charge in [0.15, 0.2) is 0 Å². The minimum atomic E-state index is -0.784. The number of Topliss-reactive ketones (excluding diaryl/α,β-unsaturated/α-hetero) is 1. The molecule has 0 spiro atoms. The van der Waals surface area contributed by atoms with Crippen LogP contribution in [-0.2, 0) is 14.3 Å².